The molecule has 4 unspecified atom stereocenters. The van der Waals surface area contributed by atoms with E-state index in [9.17, 15) is 9.59 Å². The number of nitrogens with one attached hydrogen (secondary N) is 2. The molecule has 0 bridgehead atoms. The zero-order valence-corrected chi connectivity index (χ0v) is 26.9. The van der Waals surface area contributed by atoms with Crippen LogP contribution in [0.5, 0.6) is 0 Å². The van der Waals surface area contributed by atoms with Gasteiger partial charge in [0.15, 0.2) is 0 Å². The summed E-state index contributed by atoms with van der Waals surface area (Å²) in [5, 5.41) is 3.37. The number of likely N-dealkylation sites (tertiary alicyclic amines) is 1. The summed E-state index contributed by atoms with van der Waals surface area (Å²) in [5.41, 5.74) is 3.82. The molecule has 4 heterocycles. The fraction of sp³-hybridized carbons (Fsp3) is 0.405. The summed E-state index contributed by atoms with van der Waals surface area (Å²) in [6, 6.07) is 21.3. The molecule has 6 rings (SSSR count). The zero-order chi connectivity index (χ0) is 32.1. The van der Waals surface area contributed by atoms with Crippen molar-refractivity contribution in [3.05, 3.63) is 114 Å². The Bertz CT molecular complexity index is 1570. The van der Waals surface area contributed by atoms with Gasteiger partial charge in [-0.1, -0.05) is 69.3 Å². The minimum absolute atomic E-state index is 0.0647. The average Bonchev–Trinajstić information content (AvgIpc) is 3.80. The molecule has 9 heteroatoms. The molecule has 2 saturated heterocycles. The smallest absolute Gasteiger partial charge is 0.279 e. The van der Waals surface area contributed by atoms with Crippen LogP contribution in [0.1, 0.15) is 79.3 Å². The number of ether oxygens (including phenoxy) is 1. The minimum Gasteiger partial charge on any atom is -0.381 e. The molecule has 2 aliphatic heterocycles. The number of pyridine rings is 1. The van der Waals surface area contributed by atoms with E-state index in [-0.39, 0.29) is 35.0 Å². The number of benzene rings is 2. The molecule has 46 heavy (non-hydrogen) atoms. The number of hydrogen-bond acceptors (Lipinski definition) is 6. The van der Waals surface area contributed by atoms with Crippen LogP contribution in [0.4, 0.5) is 5.69 Å². The minimum atomic E-state index is -0.957. The van der Waals surface area contributed by atoms with E-state index in [1.54, 1.807) is 29.6 Å². The van der Waals surface area contributed by atoms with Gasteiger partial charge in [-0.05, 0) is 60.5 Å². The van der Waals surface area contributed by atoms with E-state index in [1.165, 1.54) is 11.9 Å². The van der Waals surface area contributed by atoms with Gasteiger partial charge in [-0.2, -0.15) is 0 Å². The Morgan fingerprint density at radius 2 is 1.80 bits per heavy atom. The van der Waals surface area contributed by atoms with Gasteiger partial charge in [0, 0.05) is 61.0 Å². The first-order valence-corrected chi connectivity index (χ1v) is 16.3. The maximum atomic E-state index is 14.5. The zero-order valence-electron chi connectivity index (χ0n) is 26.9. The molecule has 4 aromatic rings. The summed E-state index contributed by atoms with van der Waals surface area (Å²) in [6.07, 6.45) is 9.22. The number of aromatic amines is 1. The Kier molecular flexibility index (Phi) is 9.61. The fourth-order valence-electron chi connectivity index (χ4n) is 6.85. The van der Waals surface area contributed by atoms with Gasteiger partial charge < -0.3 is 15.0 Å². The number of H-pyrrole nitrogens is 1. The molecule has 2 aromatic heterocycles. The highest BCUT2D eigenvalue weighted by Gasteiger charge is 2.38. The normalized spacial score (nSPS) is 20.2. The summed E-state index contributed by atoms with van der Waals surface area (Å²) >= 11 is 0. The monoisotopic (exact) mass is 620 g/mol. The van der Waals surface area contributed by atoms with Crippen LogP contribution >= 0.6 is 0 Å². The molecular formula is C37H44N6O3. The lowest BCUT2D eigenvalue weighted by Gasteiger charge is -2.41. The Hall–Kier alpha value is -4.34. The van der Waals surface area contributed by atoms with Crippen LogP contribution in [-0.4, -0.2) is 64.0 Å². The maximum absolute atomic E-state index is 14.5. The van der Waals surface area contributed by atoms with E-state index in [1.807, 2.05) is 30.3 Å². The number of imidazole rings is 1. The van der Waals surface area contributed by atoms with Crippen LogP contribution in [0, 0.1) is 5.92 Å². The van der Waals surface area contributed by atoms with Crippen molar-refractivity contribution in [1.29, 1.82) is 0 Å². The predicted octanol–water partition coefficient (Wildman–Crippen LogP) is 5.85. The van der Waals surface area contributed by atoms with Gasteiger partial charge in [-0.3, -0.25) is 24.4 Å². The van der Waals surface area contributed by atoms with Gasteiger partial charge in [0.1, 0.15) is 11.7 Å². The number of rotatable bonds is 9. The molecule has 2 N–H and O–H groups in total. The first kappa shape index (κ1) is 31.6. The number of carbonyl (C=O) groups excluding carboxylic acids is 2. The van der Waals surface area contributed by atoms with Crippen molar-refractivity contribution < 1.29 is 14.3 Å². The number of amides is 2. The number of aromatic nitrogens is 3. The topological polar surface area (TPSA) is 103 Å². The molecule has 0 spiro atoms. The van der Waals surface area contributed by atoms with Crippen molar-refractivity contribution in [3.63, 3.8) is 0 Å². The second-order valence-electron chi connectivity index (χ2n) is 13.4. The van der Waals surface area contributed by atoms with Crippen LogP contribution in [0.15, 0.2) is 91.6 Å². The van der Waals surface area contributed by atoms with Gasteiger partial charge in [-0.15, -0.1) is 0 Å². The predicted molar refractivity (Wildman–Crippen MR) is 178 cm³/mol. The van der Waals surface area contributed by atoms with Crippen molar-refractivity contribution in [3.8, 4) is 0 Å². The van der Waals surface area contributed by atoms with E-state index < -0.39 is 6.04 Å². The molecule has 0 saturated carbocycles. The summed E-state index contributed by atoms with van der Waals surface area (Å²) in [4.78, 5) is 44.2. The highest BCUT2D eigenvalue weighted by atomic mass is 16.5. The van der Waals surface area contributed by atoms with E-state index in [2.05, 4.69) is 76.3 Å². The quantitative estimate of drug-likeness (QED) is 0.243. The van der Waals surface area contributed by atoms with Crippen molar-refractivity contribution in [1.82, 2.24) is 25.2 Å². The number of nitrogens with zero attached hydrogens (tertiary/aromatic N) is 4. The molecule has 4 atom stereocenters. The Morgan fingerprint density at radius 3 is 2.46 bits per heavy atom. The lowest BCUT2D eigenvalue weighted by Crippen LogP contribution is -2.53. The number of carbonyl (C=O) groups is 2. The van der Waals surface area contributed by atoms with Crippen molar-refractivity contribution in [2.24, 2.45) is 5.92 Å². The first-order chi connectivity index (χ1) is 22.3. The number of anilines is 1. The van der Waals surface area contributed by atoms with Crippen molar-refractivity contribution in [2.75, 3.05) is 31.2 Å². The third kappa shape index (κ3) is 7.06. The molecule has 2 aromatic carbocycles. The van der Waals surface area contributed by atoms with Crippen LogP contribution in [0.2, 0.25) is 0 Å². The maximum Gasteiger partial charge on any atom is 0.279 e. The van der Waals surface area contributed by atoms with Crippen LogP contribution in [0.25, 0.3) is 0 Å². The van der Waals surface area contributed by atoms with Gasteiger partial charge in [0.05, 0.1) is 12.9 Å². The van der Waals surface area contributed by atoms with E-state index in [4.69, 9.17) is 4.74 Å². The number of hydrogen-bond donors (Lipinski definition) is 2. The highest BCUT2D eigenvalue weighted by Crippen LogP contribution is 2.36. The average molecular weight is 621 g/mol. The van der Waals surface area contributed by atoms with E-state index in [0.717, 1.165) is 51.1 Å². The molecule has 2 amide bonds. The third-order valence-corrected chi connectivity index (χ3v) is 9.20. The molecule has 240 valence electrons. The molecular weight excluding hydrogens is 576 g/mol. The Balaban J connectivity index is 1.31. The molecule has 2 fully saturated rings. The molecule has 0 radical (unpaired) electrons. The summed E-state index contributed by atoms with van der Waals surface area (Å²) in [6.45, 7) is 9.65. The standard InChI is InChI=1S/C37H44N6O3/c1-37(2,3)29-13-15-31(16-14-29)43(36(45)32-22-39-25-40-32)34(27-11-7-18-38-21-27)35(44)41-30-12-8-19-42(23-30)33(28-17-20-46-24-28)26-9-5-4-6-10-26/h4-7,9-11,13-16,18,21-22,25,28,30,33-34H,8,12,17,19-20,23-24H2,1-3H3,(H,39,40)(H,41,44). The molecule has 2 aliphatic rings. The lowest BCUT2D eigenvalue weighted by atomic mass is 9.87. The van der Waals surface area contributed by atoms with Crippen molar-refractivity contribution >= 4 is 17.5 Å². The Labute approximate surface area is 271 Å². The first-order valence-electron chi connectivity index (χ1n) is 16.3. The van der Waals surface area contributed by atoms with Crippen molar-refractivity contribution in [2.45, 2.75) is 63.6 Å². The summed E-state index contributed by atoms with van der Waals surface area (Å²) < 4.78 is 5.82. The van der Waals surface area contributed by atoms with Crippen LogP contribution in [0.3, 0.4) is 0 Å². The second-order valence-corrected chi connectivity index (χ2v) is 13.4. The second kappa shape index (κ2) is 14.0. The van der Waals surface area contributed by atoms with Crippen LogP contribution in [-0.2, 0) is 14.9 Å². The third-order valence-electron chi connectivity index (χ3n) is 9.20. The van der Waals surface area contributed by atoms with E-state index >= 15 is 0 Å². The van der Waals surface area contributed by atoms with Crippen LogP contribution < -0.4 is 10.2 Å². The Morgan fingerprint density at radius 1 is 1.02 bits per heavy atom. The summed E-state index contributed by atoms with van der Waals surface area (Å²) in [7, 11) is 0. The SMILES string of the molecule is CC(C)(C)c1ccc(N(C(=O)c2c[nH]cn2)C(C(=O)NC2CCCN(C(c3ccccc3)C3CCOC3)C2)c2cccnc2)cc1. The van der Waals surface area contributed by atoms with Gasteiger partial charge in [0.2, 0.25) is 5.91 Å². The van der Waals surface area contributed by atoms with Gasteiger partial charge in [0.25, 0.3) is 5.91 Å². The largest absolute Gasteiger partial charge is 0.381 e. The number of piperidine rings is 1. The fourth-order valence-corrected chi connectivity index (χ4v) is 6.85. The highest BCUT2D eigenvalue weighted by molar-refractivity contribution is 6.09. The lowest BCUT2D eigenvalue weighted by molar-refractivity contribution is -0.123. The van der Waals surface area contributed by atoms with Gasteiger partial charge >= 0.3 is 0 Å². The van der Waals surface area contributed by atoms with Gasteiger partial charge in [-0.25, -0.2) is 4.98 Å². The van der Waals surface area contributed by atoms with E-state index in [0.29, 0.717) is 17.2 Å². The molecule has 0 aliphatic carbocycles. The molecule has 9 nitrogen and oxygen atoms in total. The summed E-state index contributed by atoms with van der Waals surface area (Å²) in [5.74, 6) is -0.216.